The third-order valence-corrected chi connectivity index (χ3v) is 8.35. The molecule has 4 aliphatic carbocycles. The Hall–Kier alpha value is -2.41. The fraction of sp³-hybridized carbons (Fsp3) is 0.522. The predicted molar refractivity (Wildman–Crippen MR) is 117 cm³/mol. The first-order valence-electron chi connectivity index (χ1n) is 10.8. The number of hydrogen-bond acceptors (Lipinski definition) is 5. The zero-order chi connectivity index (χ0) is 20.5. The Kier molecular flexibility index (Phi) is 4.01. The van der Waals surface area contributed by atoms with Crippen LogP contribution in [-0.4, -0.2) is 27.8 Å². The van der Waals surface area contributed by atoms with Crippen LogP contribution in [0.3, 0.4) is 0 Å². The van der Waals surface area contributed by atoms with E-state index < -0.39 is 0 Å². The highest BCUT2D eigenvalue weighted by molar-refractivity contribution is 7.20. The highest BCUT2D eigenvalue weighted by atomic mass is 32.1. The first kappa shape index (κ1) is 18.4. The molecular weight excluding hydrogens is 396 g/mol. The molecule has 2 heterocycles. The van der Waals surface area contributed by atoms with Crippen LogP contribution in [-0.2, 0) is 4.79 Å². The van der Waals surface area contributed by atoms with E-state index in [1.54, 1.807) is 23.1 Å². The minimum atomic E-state index is -0.182. The van der Waals surface area contributed by atoms with Crippen LogP contribution in [0.1, 0.15) is 44.2 Å². The number of amides is 1. The molecule has 1 amide bonds. The number of nitrogens with one attached hydrogen (secondary N) is 1. The Morgan fingerprint density at radius 2 is 1.87 bits per heavy atom. The van der Waals surface area contributed by atoms with Crippen molar-refractivity contribution in [2.45, 2.75) is 45.4 Å². The fourth-order valence-corrected chi connectivity index (χ4v) is 7.44. The highest BCUT2D eigenvalue weighted by Gasteiger charge is 2.54. The van der Waals surface area contributed by atoms with Gasteiger partial charge in [0.2, 0.25) is 11.0 Å². The summed E-state index contributed by atoms with van der Waals surface area (Å²) in [5.74, 6) is 3.95. The maximum absolute atomic E-state index is 13.5. The molecule has 4 bridgehead atoms. The topological polar surface area (TPSA) is 69.0 Å². The van der Waals surface area contributed by atoms with E-state index in [1.165, 1.54) is 19.3 Å². The van der Waals surface area contributed by atoms with Crippen molar-refractivity contribution in [2.24, 2.45) is 23.2 Å². The molecule has 6 nitrogen and oxygen atoms in total. The van der Waals surface area contributed by atoms with Crippen molar-refractivity contribution in [3.8, 4) is 10.9 Å². The Balaban J connectivity index is 1.32. The van der Waals surface area contributed by atoms with Gasteiger partial charge in [0.15, 0.2) is 0 Å². The van der Waals surface area contributed by atoms with E-state index in [9.17, 15) is 4.79 Å². The van der Waals surface area contributed by atoms with Crippen molar-refractivity contribution in [3.05, 3.63) is 30.0 Å². The normalized spacial score (nSPS) is 29.5. The van der Waals surface area contributed by atoms with Crippen molar-refractivity contribution in [2.75, 3.05) is 12.4 Å². The van der Waals surface area contributed by atoms with Crippen LogP contribution < -0.4 is 10.1 Å². The van der Waals surface area contributed by atoms with Gasteiger partial charge in [0, 0.05) is 6.07 Å². The second-order valence-corrected chi connectivity index (χ2v) is 10.6. The van der Waals surface area contributed by atoms with E-state index in [-0.39, 0.29) is 11.3 Å². The van der Waals surface area contributed by atoms with E-state index in [0.717, 1.165) is 69.6 Å². The Labute approximate surface area is 179 Å². The quantitative estimate of drug-likeness (QED) is 0.646. The van der Waals surface area contributed by atoms with E-state index in [4.69, 9.17) is 9.72 Å². The summed E-state index contributed by atoms with van der Waals surface area (Å²) in [6, 6.07) is 7.81. The average molecular weight is 423 g/mol. The smallest absolute Gasteiger partial charge is 0.231 e. The van der Waals surface area contributed by atoms with Crippen LogP contribution >= 0.6 is 11.3 Å². The summed E-state index contributed by atoms with van der Waals surface area (Å²) in [4.78, 5) is 18.3. The molecule has 4 fully saturated rings. The van der Waals surface area contributed by atoms with Gasteiger partial charge < -0.3 is 10.1 Å². The Morgan fingerprint density at radius 1 is 1.17 bits per heavy atom. The molecule has 4 saturated carbocycles. The van der Waals surface area contributed by atoms with Gasteiger partial charge in [-0.05, 0) is 81.4 Å². The van der Waals surface area contributed by atoms with E-state index in [2.05, 4.69) is 10.4 Å². The SMILES string of the molecule is COc1ccc2nc(-n3nc(C)cc3NC(=O)C34CC5CC(CC(C5)C3)C4)sc2c1. The van der Waals surface area contributed by atoms with E-state index in [1.807, 2.05) is 31.2 Å². The molecule has 156 valence electrons. The second-order valence-electron chi connectivity index (χ2n) is 9.56. The lowest BCUT2D eigenvalue weighted by atomic mass is 9.49. The number of carbonyl (C=O) groups is 1. The van der Waals surface area contributed by atoms with Crippen LogP contribution in [0.2, 0.25) is 0 Å². The van der Waals surface area contributed by atoms with Gasteiger partial charge in [-0.1, -0.05) is 11.3 Å². The fourth-order valence-electron chi connectivity index (χ4n) is 6.48. The average Bonchev–Trinajstić information content (AvgIpc) is 3.29. The number of thiazole rings is 1. The zero-order valence-electron chi connectivity index (χ0n) is 17.4. The summed E-state index contributed by atoms with van der Waals surface area (Å²) in [5.41, 5.74) is 1.59. The lowest BCUT2D eigenvalue weighted by Crippen LogP contribution is -2.51. The van der Waals surface area contributed by atoms with Gasteiger partial charge in [-0.3, -0.25) is 4.79 Å². The molecule has 0 saturated heterocycles. The van der Waals surface area contributed by atoms with Gasteiger partial charge in [-0.15, -0.1) is 0 Å². The van der Waals surface area contributed by atoms with Crippen molar-refractivity contribution >= 4 is 33.3 Å². The zero-order valence-corrected chi connectivity index (χ0v) is 18.2. The first-order valence-corrected chi connectivity index (χ1v) is 11.7. The molecule has 0 radical (unpaired) electrons. The monoisotopic (exact) mass is 422 g/mol. The molecule has 1 N–H and O–H groups in total. The molecular formula is C23H26N4O2S. The van der Waals surface area contributed by atoms with Crippen LogP contribution in [0.4, 0.5) is 5.82 Å². The van der Waals surface area contributed by atoms with Gasteiger partial charge >= 0.3 is 0 Å². The summed E-state index contributed by atoms with van der Waals surface area (Å²) < 4.78 is 8.15. The maximum atomic E-state index is 13.5. The van der Waals surface area contributed by atoms with E-state index in [0.29, 0.717) is 0 Å². The van der Waals surface area contributed by atoms with E-state index >= 15 is 0 Å². The van der Waals surface area contributed by atoms with Crippen molar-refractivity contribution < 1.29 is 9.53 Å². The number of fused-ring (bicyclic) bond motifs is 1. The number of aryl methyl sites for hydroxylation is 1. The number of aromatic nitrogens is 3. The Bertz CT molecular complexity index is 1110. The molecule has 0 aliphatic heterocycles. The molecule has 0 atom stereocenters. The summed E-state index contributed by atoms with van der Waals surface area (Å²) in [6.45, 7) is 1.95. The molecule has 2 aromatic heterocycles. The highest BCUT2D eigenvalue weighted by Crippen LogP contribution is 2.60. The molecule has 0 spiro atoms. The number of rotatable bonds is 4. The lowest BCUT2D eigenvalue weighted by molar-refractivity contribution is -0.140. The largest absolute Gasteiger partial charge is 0.497 e. The summed E-state index contributed by atoms with van der Waals surface area (Å²) in [5, 5.41) is 8.65. The van der Waals surface area contributed by atoms with Crippen molar-refractivity contribution in [1.29, 1.82) is 0 Å². The number of anilines is 1. The van der Waals surface area contributed by atoms with Gasteiger partial charge in [-0.25, -0.2) is 4.98 Å². The number of nitrogens with zero attached hydrogens (tertiary/aromatic N) is 3. The minimum absolute atomic E-state index is 0.182. The summed E-state index contributed by atoms with van der Waals surface area (Å²) in [6.07, 6.45) is 7.16. The third kappa shape index (κ3) is 2.86. The number of methoxy groups -OCH3 is 1. The molecule has 7 rings (SSSR count). The number of carbonyl (C=O) groups excluding carboxylic acids is 1. The predicted octanol–water partition coefficient (Wildman–Crippen LogP) is 4.95. The van der Waals surface area contributed by atoms with Crippen molar-refractivity contribution in [1.82, 2.24) is 14.8 Å². The van der Waals surface area contributed by atoms with Gasteiger partial charge in [0.1, 0.15) is 11.6 Å². The standard InChI is InChI=1S/C23H26N4O2S/c1-13-5-20(25-21(28)23-10-14-6-15(11-23)8-16(7-14)12-23)27(26-13)22-24-18-4-3-17(29-2)9-19(18)30-22/h3-5,9,14-16H,6-8,10-12H2,1-2H3,(H,25,28). The van der Waals surface area contributed by atoms with Crippen molar-refractivity contribution in [3.63, 3.8) is 0 Å². The van der Waals surface area contributed by atoms with Gasteiger partial charge in [-0.2, -0.15) is 9.78 Å². The molecule has 0 unspecified atom stereocenters. The Morgan fingerprint density at radius 3 is 2.53 bits per heavy atom. The minimum Gasteiger partial charge on any atom is -0.497 e. The second kappa shape index (κ2) is 6.54. The van der Waals surface area contributed by atoms with Crippen LogP contribution in [0.15, 0.2) is 24.3 Å². The summed E-state index contributed by atoms with van der Waals surface area (Å²) in [7, 11) is 1.66. The van der Waals surface area contributed by atoms with Crippen LogP contribution in [0.5, 0.6) is 5.75 Å². The molecule has 3 aromatic rings. The molecule has 4 aliphatic rings. The lowest BCUT2D eigenvalue weighted by Gasteiger charge is -2.55. The molecule has 30 heavy (non-hydrogen) atoms. The van der Waals surface area contributed by atoms with Crippen LogP contribution in [0, 0.1) is 30.1 Å². The number of hydrogen-bond donors (Lipinski definition) is 1. The summed E-state index contributed by atoms with van der Waals surface area (Å²) >= 11 is 1.55. The number of benzene rings is 1. The van der Waals surface area contributed by atoms with Crippen LogP contribution in [0.25, 0.3) is 15.3 Å². The van der Waals surface area contributed by atoms with Gasteiger partial charge in [0.25, 0.3) is 0 Å². The third-order valence-electron chi connectivity index (χ3n) is 7.36. The molecule has 1 aromatic carbocycles. The first-order chi connectivity index (χ1) is 14.5. The number of ether oxygens (including phenoxy) is 1. The molecule has 7 heteroatoms. The maximum Gasteiger partial charge on any atom is 0.231 e. The van der Waals surface area contributed by atoms with Gasteiger partial charge in [0.05, 0.1) is 28.4 Å².